The number of fused-ring (bicyclic) bond motifs is 1. The summed E-state index contributed by atoms with van der Waals surface area (Å²) in [6, 6.07) is 8.57. The molecule has 0 aliphatic heterocycles. The molecule has 130 valence electrons. The highest BCUT2D eigenvalue weighted by molar-refractivity contribution is 5.93. The van der Waals surface area contributed by atoms with Gasteiger partial charge in [-0.25, -0.2) is 9.78 Å². The van der Waals surface area contributed by atoms with E-state index in [-0.39, 0.29) is 18.0 Å². The van der Waals surface area contributed by atoms with Crippen molar-refractivity contribution < 1.29 is 27.8 Å². The van der Waals surface area contributed by atoms with E-state index in [1.54, 1.807) is 12.1 Å². The van der Waals surface area contributed by atoms with Crippen LogP contribution in [0.3, 0.4) is 0 Å². The van der Waals surface area contributed by atoms with E-state index >= 15 is 0 Å². The first-order valence-electron chi connectivity index (χ1n) is 7.11. The zero-order valence-electron chi connectivity index (χ0n) is 12.6. The van der Waals surface area contributed by atoms with Crippen LogP contribution in [0.25, 0.3) is 5.65 Å². The third kappa shape index (κ3) is 3.82. The number of benzene rings is 1. The Labute approximate surface area is 139 Å². The monoisotopic (exact) mass is 351 g/mol. The lowest BCUT2D eigenvalue weighted by Gasteiger charge is -2.12. The van der Waals surface area contributed by atoms with Crippen LogP contribution in [0.5, 0.6) is 5.75 Å². The summed E-state index contributed by atoms with van der Waals surface area (Å²) >= 11 is 0. The number of nitrogens with zero attached hydrogens (tertiary/aromatic N) is 2. The van der Waals surface area contributed by atoms with Crippen LogP contribution in [-0.2, 0) is 6.54 Å². The van der Waals surface area contributed by atoms with Gasteiger partial charge in [-0.1, -0.05) is 12.1 Å². The Kier molecular flexibility index (Phi) is 4.22. The predicted octanol–water partition coefficient (Wildman–Crippen LogP) is 3.54. The molecule has 3 rings (SSSR count). The van der Waals surface area contributed by atoms with Gasteiger partial charge in [-0.2, -0.15) is 0 Å². The van der Waals surface area contributed by atoms with Gasteiger partial charge >= 0.3 is 12.3 Å². The standard InChI is InChI=1S/C16H12F3N3O3/c17-16(18,19)25-11-3-1-10(2-4-11)9-21-12-5-6-13-20-7-8-22(13)14(12)15(23)24/h1-8,21H,9H2,(H,23,24). The van der Waals surface area contributed by atoms with E-state index in [0.717, 1.165) is 0 Å². The molecule has 0 radical (unpaired) electrons. The molecular weight excluding hydrogens is 339 g/mol. The van der Waals surface area contributed by atoms with Crippen molar-refractivity contribution in [2.24, 2.45) is 0 Å². The number of carboxylic acid groups (broad SMARTS) is 1. The van der Waals surface area contributed by atoms with Crippen molar-refractivity contribution in [3.8, 4) is 5.75 Å². The fraction of sp³-hybridized carbons (Fsp3) is 0.125. The van der Waals surface area contributed by atoms with E-state index in [9.17, 15) is 23.1 Å². The van der Waals surface area contributed by atoms with E-state index in [1.165, 1.54) is 41.1 Å². The second-order valence-corrected chi connectivity index (χ2v) is 5.10. The number of nitrogens with one attached hydrogen (secondary N) is 1. The van der Waals surface area contributed by atoms with E-state index in [1.807, 2.05) is 0 Å². The van der Waals surface area contributed by atoms with Crippen LogP contribution in [0.15, 0.2) is 48.8 Å². The van der Waals surface area contributed by atoms with Crippen molar-refractivity contribution >= 4 is 17.3 Å². The van der Waals surface area contributed by atoms with Crippen molar-refractivity contribution in [2.75, 3.05) is 5.32 Å². The first-order valence-corrected chi connectivity index (χ1v) is 7.11. The summed E-state index contributed by atoms with van der Waals surface area (Å²) in [5.41, 5.74) is 1.55. The molecule has 25 heavy (non-hydrogen) atoms. The van der Waals surface area contributed by atoms with Crippen molar-refractivity contribution in [3.05, 3.63) is 60.0 Å². The fourth-order valence-corrected chi connectivity index (χ4v) is 2.36. The van der Waals surface area contributed by atoms with Gasteiger partial charge in [0, 0.05) is 18.9 Å². The van der Waals surface area contributed by atoms with Crippen LogP contribution in [0, 0.1) is 0 Å². The summed E-state index contributed by atoms with van der Waals surface area (Å²) in [4.78, 5) is 15.5. The van der Waals surface area contributed by atoms with Crippen LogP contribution >= 0.6 is 0 Å². The highest BCUT2D eigenvalue weighted by atomic mass is 19.4. The molecule has 2 heterocycles. The van der Waals surface area contributed by atoms with Gasteiger partial charge in [0.2, 0.25) is 0 Å². The first-order chi connectivity index (χ1) is 11.8. The van der Waals surface area contributed by atoms with E-state index in [2.05, 4.69) is 15.0 Å². The van der Waals surface area contributed by atoms with Crippen LogP contribution in [0.1, 0.15) is 16.1 Å². The van der Waals surface area contributed by atoms with Gasteiger partial charge < -0.3 is 15.2 Å². The number of hydrogen-bond donors (Lipinski definition) is 2. The molecule has 0 spiro atoms. The summed E-state index contributed by atoms with van der Waals surface area (Å²) < 4.78 is 41.6. The number of halogens is 3. The fourth-order valence-electron chi connectivity index (χ4n) is 2.36. The number of carbonyl (C=O) groups is 1. The largest absolute Gasteiger partial charge is 0.573 e. The summed E-state index contributed by atoms with van der Waals surface area (Å²) in [5.74, 6) is -1.44. The average Bonchev–Trinajstić information content (AvgIpc) is 3.00. The number of anilines is 1. The molecule has 0 saturated heterocycles. The summed E-state index contributed by atoms with van der Waals surface area (Å²) in [6.45, 7) is 0.229. The molecule has 3 aromatic rings. The van der Waals surface area contributed by atoms with E-state index < -0.39 is 12.3 Å². The van der Waals surface area contributed by atoms with Gasteiger partial charge in [0.15, 0.2) is 5.69 Å². The number of hydrogen-bond acceptors (Lipinski definition) is 4. The molecule has 0 atom stereocenters. The number of aromatic carboxylic acids is 1. The molecule has 0 unspecified atom stereocenters. The van der Waals surface area contributed by atoms with Gasteiger partial charge in [-0.3, -0.25) is 4.40 Å². The van der Waals surface area contributed by atoms with Gasteiger partial charge in [-0.05, 0) is 29.8 Å². The maximum absolute atomic E-state index is 12.1. The topological polar surface area (TPSA) is 75.9 Å². The number of carboxylic acids is 1. The molecule has 9 heteroatoms. The molecule has 0 amide bonds. The summed E-state index contributed by atoms with van der Waals surface area (Å²) in [6.07, 6.45) is -1.71. The zero-order valence-corrected chi connectivity index (χ0v) is 12.6. The molecule has 0 aliphatic rings. The minimum atomic E-state index is -4.74. The molecule has 0 saturated carbocycles. The Balaban J connectivity index is 1.76. The van der Waals surface area contributed by atoms with E-state index in [4.69, 9.17) is 0 Å². The number of rotatable bonds is 5. The van der Waals surface area contributed by atoms with Crippen LogP contribution in [0.2, 0.25) is 0 Å². The van der Waals surface area contributed by atoms with Crippen molar-refractivity contribution in [1.82, 2.24) is 9.38 Å². The molecular formula is C16H12F3N3O3. The second kappa shape index (κ2) is 6.34. The number of pyridine rings is 1. The quantitative estimate of drug-likeness (QED) is 0.735. The lowest BCUT2D eigenvalue weighted by atomic mass is 10.2. The van der Waals surface area contributed by atoms with Crippen LogP contribution in [-0.4, -0.2) is 26.8 Å². The Morgan fingerprint density at radius 1 is 1.20 bits per heavy atom. The molecule has 0 fully saturated rings. The Bertz CT molecular complexity index is 904. The highest BCUT2D eigenvalue weighted by Gasteiger charge is 2.30. The first kappa shape index (κ1) is 16.6. The van der Waals surface area contributed by atoms with Gasteiger partial charge in [0.05, 0.1) is 5.69 Å². The zero-order chi connectivity index (χ0) is 18.0. The molecule has 1 aromatic carbocycles. The normalized spacial score (nSPS) is 11.5. The predicted molar refractivity (Wildman–Crippen MR) is 82.6 cm³/mol. The molecule has 0 bridgehead atoms. The Morgan fingerprint density at radius 2 is 1.92 bits per heavy atom. The lowest BCUT2D eigenvalue weighted by molar-refractivity contribution is -0.274. The lowest BCUT2D eigenvalue weighted by Crippen LogP contribution is -2.17. The van der Waals surface area contributed by atoms with Gasteiger partial charge in [0.1, 0.15) is 11.4 Å². The maximum atomic E-state index is 12.1. The van der Waals surface area contributed by atoms with Crippen LogP contribution in [0.4, 0.5) is 18.9 Å². The second-order valence-electron chi connectivity index (χ2n) is 5.10. The van der Waals surface area contributed by atoms with Crippen molar-refractivity contribution in [3.63, 3.8) is 0 Å². The molecule has 0 aliphatic carbocycles. The number of alkyl halides is 3. The molecule has 2 aromatic heterocycles. The number of ether oxygens (including phenoxy) is 1. The third-order valence-corrected chi connectivity index (χ3v) is 3.41. The van der Waals surface area contributed by atoms with Crippen molar-refractivity contribution in [2.45, 2.75) is 12.9 Å². The maximum Gasteiger partial charge on any atom is 0.573 e. The summed E-state index contributed by atoms with van der Waals surface area (Å²) in [5, 5.41) is 12.4. The molecule has 6 nitrogen and oxygen atoms in total. The van der Waals surface area contributed by atoms with E-state index in [0.29, 0.717) is 16.9 Å². The average molecular weight is 351 g/mol. The third-order valence-electron chi connectivity index (χ3n) is 3.41. The number of aromatic nitrogens is 2. The minimum absolute atomic E-state index is 0.0204. The SMILES string of the molecule is O=C(O)c1c(NCc2ccc(OC(F)(F)F)cc2)ccc2nccn12. The Hall–Kier alpha value is -3.23. The number of imidazole rings is 1. The Morgan fingerprint density at radius 3 is 2.56 bits per heavy atom. The molecule has 2 N–H and O–H groups in total. The smallest absolute Gasteiger partial charge is 0.476 e. The highest BCUT2D eigenvalue weighted by Crippen LogP contribution is 2.23. The van der Waals surface area contributed by atoms with Crippen LogP contribution < -0.4 is 10.1 Å². The van der Waals surface area contributed by atoms with Gasteiger partial charge in [0.25, 0.3) is 0 Å². The van der Waals surface area contributed by atoms with Gasteiger partial charge in [-0.15, -0.1) is 13.2 Å². The van der Waals surface area contributed by atoms with Crippen molar-refractivity contribution in [1.29, 1.82) is 0 Å². The summed E-state index contributed by atoms with van der Waals surface area (Å²) in [7, 11) is 0. The minimum Gasteiger partial charge on any atom is -0.476 e.